The lowest BCUT2D eigenvalue weighted by Crippen LogP contribution is -1.82. The van der Waals surface area contributed by atoms with Gasteiger partial charge >= 0.3 is 0 Å². The lowest BCUT2D eigenvalue weighted by Gasteiger charge is -2.00. The molecule has 0 aromatic heterocycles. The topological polar surface area (TPSA) is 29.4 Å². The van der Waals surface area contributed by atoms with E-state index in [0.717, 1.165) is 21.2 Å². The molecule has 0 aliphatic rings. The normalized spacial score (nSPS) is 9.17. The minimum absolute atomic E-state index is 0.730. The number of rotatable bonds is 2. The molecule has 0 fully saturated rings. The quantitative estimate of drug-likeness (QED) is 0.463. The molecule has 2 nitrogen and oxygen atoms in total. The zero-order valence-electron chi connectivity index (χ0n) is 6.67. The minimum Gasteiger partial charge on any atom is -0.211 e. The summed E-state index contributed by atoms with van der Waals surface area (Å²) in [6, 6.07) is 5.79. The largest absolute Gasteiger partial charge is 0.240 e. The fourth-order valence-electron chi connectivity index (χ4n) is 0.996. The highest BCUT2D eigenvalue weighted by Crippen LogP contribution is 2.21. The Labute approximate surface area is 84.8 Å². The Morgan fingerprint density at radius 3 is 2.92 bits per heavy atom. The Balaban J connectivity index is 3.19. The highest BCUT2D eigenvalue weighted by Gasteiger charge is 1.98. The van der Waals surface area contributed by atoms with Crippen LogP contribution in [0.3, 0.4) is 0 Å². The molecule has 0 aliphatic heterocycles. The van der Waals surface area contributed by atoms with Gasteiger partial charge < -0.3 is 0 Å². The number of hydrogen-bond donors (Lipinski definition) is 0. The summed E-state index contributed by atoms with van der Waals surface area (Å²) < 4.78 is 1.16. The van der Waals surface area contributed by atoms with Crippen molar-refractivity contribution in [3.8, 4) is 0 Å². The maximum Gasteiger partial charge on any atom is 0.240 e. The van der Waals surface area contributed by atoms with E-state index in [-0.39, 0.29) is 0 Å². The highest BCUT2D eigenvalue weighted by atomic mass is 127. The Bertz CT molecular complexity index is 329. The van der Waals surface area contributed by atoms with Crippen molar-refractivity contribution in [1.29, 1.82) is 0 Å². The van der Waals surface area contributed by atoms with Crippen LogP contribution in [0, 0.1) is 3.57 Å². The van der Waals surface area contributed by atoms with Gasteiger partial charge in [-0.2, -0.15) is 4.99 Å². The Morgan fingerprint density at radius 2 is 2.33 bits per heavy atom. The van der Waals surface area contributed by atoms with Gasteiger partial charge in [-0.1, -0.05) is 6.92 Å². The van der Waals surface area contributed by atoms with Crippen LogP contribution in [0.25, 0.3) is 0 Å². The van der Waals surface area contributed by atoms with Crippen molar-refractivity contribution in [2.75, 3.05) is 0 Å². The van der Waals surface area contributed by atoms with Gasteiger partial charge in [0.1, 0.15) is 0 Å². The van der Waals surface area contributed by atoms with E-state index in [2.05, 4.69) is 27.6 Å². The number of nitrogens with zero attached hydrogens (tertiary/aromatic N) is 1. The average Bonchev–Trinajstić information content (AvgIpc) is 2.08. The molecule has 62 valence electrons. The van der Waals surface area contributed by atoms with Gasteiger partial charge in [0, 0.05) is 3.57 Å². The second kappa shape index (κ2) is 4.38. The molecule has 1 aromatic rings. The molecule has 0 heterocycles. The second-order valence-corrected chi connectivity index (χ2v) is 3.58. The maximum atomic E-state index is 10.0. The van der Waals surface area contributed by atoms with Gasteiger partial charge in [0.25, 0.3) is 0 Å². The van der Waals surface area contributed by atoms with Gasteiger partial charge in [0.15, 0.2) is 0 Å². The molecule has 0 amide bonds. The average molecular weight is 273 g/mol. The molecule has 1 aromatic carbocycles. The Morgan fingerprint density at radius 1 is 1.58 bits per heavy atom. The van der Waals surface area contributed by atoms with Gasteiger partial charge in [-0.25, -0.2) is 4.79 Å². The van der Waals surface area contributed by atoms with E-state index in [9.17, 15) is 4.79 Å². The lowest BCUT2D eigenvalue weighted by molar-refractivity contribution is 0.565. The summed E-state index contributed by atoms with van der Waals surface area (Å²) in [5.41, 5.74) is 1.82. The third-order valence-corrected chi connectivity index (χ3v) is 2.26. The molecule has 0 spiro atoms. The summed E-state index contributed by atoms with van der Waals surface area (Å²) in [6.07, 6.45) is 2.44. The summed E-state index contributed by atoms with van der Waals surface area (Å²) in [5.74, 6) is 0. The smallest absolute Gasteiger partial charge is 0.211 e. The summed E-state index contributed by atoms with van der Waals surface area (Å²) in [4.78, 5) is 13.6. The molecule has 12 heavy (non-hydrogen) atoms. The van der Waals surface area contributed by atoms with E-state index in [4.69, 9.17) is 0 Å². The predicted octanol–water partition coefficient (Wildman–Crippen LogP) is 2.82. The molecule has 0 radical (unpaired) electrons. The van der Waals surface area contributed by atoms with Crippen LogP contribution in [-0.4, -0.2) is 6.08 Å². The molecular formula is C9H8INO. The molecular weight excluding hydrogens is 265 g/mol. The molecule has 0 atom stereocenters. The molecule has 0 aliphatic carbocycles. The monoisotopic (exact) mass is 273 g/mol. The van der Waals surface area contributed by atoms with Crippen LogP contribution in [0.15, 0.2) is 23.2 Å². The van der Waals surface area contributed by atoms with Crippen molar-refractivity contribution in [1.82, 2.24) is 0 Å². The lowest BCUT2D eigenvalue weighted by atomic mass is 10.1. The Kier molecular flexibility index (Phi) is 3.44. The van der Waals surface area contributed by atoms with E-state index < -0.39 is 0 Å². The van der Waals surface area contributed by atoms with Crippen molar-refractivity contribution in [3.05, 3.63) is 27.3 Å². The van der Waals surface area contributed by atoms with E-state index in [1.165, 1.54) is 0 Å². The number of isocyanates is 1. The van der Waals surface area contributed by atoms with Crippen LogP contribution in [0.1, 0.15) is 12.5 Å². The molecule has 3 heteroatoms. The van der Waals surface area contributed by atoms with Gasteiger partial charge in [-0.05, 0) is 52.8 Å². The zero-order chi connectivity index (χ0) is 8.97. The predicted molar refractivity (Wildman–Crippen MR) is 56.3 cm³/mol. The maximum absolute atomic E-state index is 10.0. The number of benzene rings is 1. The van der Waals surface area contributed by atoms with Crippen LogP contribution in [0.2, 0.25) is 0 Å². The first-order chi connectivity index (χ1) is 5.77. The van der Waals surface area contributed by atoms with E-state index in [1.807, 2.05) is 25.1 Å². The third kappa shape index (κ3) is 2.16. The van der Waals surface area contributed by atoms with Gasteiger partial charge in [0.2, 0.25) is 6.08 Å². The van der Waals surface area contributed by atoms with Gasteiger partial charge in [0.05, 0.1) is 5.69 Å². The van der Waals surface area contributed by atoms with Crippen LogP contribution >= 0.6 is 22.6 Å². The van der Waals surface area contributed by atoms with Crippen molar-refractivity contribution in [2.24, 2.45) is 4.99 Å². The van der Waals surface area contributed by atoms with Crippen molar-refractivity contribution >= 4 is 34.4 Å². The van der Waals surface area contributed by atoms with E-state index in [1.54, 1.807) is 6.08 Å². The number of hydrogen-bond acceptors (Lipinski definition) is 2. The molecule has 0 bridgehead atoms. The second-order valence-electron chi connectivity index (χ2n) is 2.33. The molecule has 0 unspecified atom stereocenters. The van der Waals surface area contributed by atoms with E-state index in [0.29, 0.717) is 0 Å². The molecule has 0 saturated carbocycles. The van der Waals surface area contributed by atoms with Gasteiger partial charge in [-0.15, -0.1) is 0 Å². The first kappa shape index (κ1) is 9.42. The van der Waals surface area contributed by atoms with E-state index >= 15 is 0 Å². The standard InChI is InChI=1S/C9H8INO/c1-2-7-5-8(10)3-4-9(7)11-6-12/h3-5H,2H2,1H3. The van der Waals surface area contributed by atoms with Gasteiger partial charge in [-0.3, -0.25) is 0 Å². The number of halogens is 1. The molecule has 1 rings (SSSR count). The first-order valence-electron chi connectivity index (χ1n) is 3.64. The summed E-state index contributed by atoms with van der Waals surface area (Å²) in [6.45, 7) is 2.04. The summed E-state index contributed by atoms with van der Waals surface area (Å²) >= 11 is 2.23. The summed E-state index contributed by atoms with van der Waals surface area (Å²) in [5, 5.41) is 0. The highest BCUT2D eigenvalue weighted by molar-refractivity contribution is 14.1. The van der Waals surface area contributed by atoms with Crippen molar-refractivity contribution in [3.63, 3.8) is 0 Å². The van der Waals surface area contributed by atoms with Crippen LogP contribution in [-0.2, 0) is 11.2 Å². The zero-order valence-corrected chi connectivity index (χ0v) is 8.83. The fourth-order valence-corrected chi connectivity index (χ4v) is 1.55. The fraction of sp³-hybridized carbons (Fsp3) is 0.222. The number of aliphatic imine (C=N–C) groups is 1. The third-order valence-electron chi connectivity index (χ3n) is 1.59. The van der Waals surface area contributed by atoms with Crippen molar-refractivity contribution < 1.29 is 4.79 Å². The van der Waals surface area contributed by atoms with Crippen molar-refractivity contribution in [2.45, 2.75) is 13.3 Å². The minimum atomic E-state index is 0.730. The number of aryl methyl sites for hydroxylation is 1. The number of carbonyl (C=O) groups excluding carboxylic acids is 1. The van der Waals surface area contributed by atoms with Crippen LogP contribution < -0.4 is 0 Å². The molecule has 0 N–H and O–H groups in total. The molecule has 0 saturated heterocycles. The Hall–Kier alpha value is -0.670. The summed E-state index contributed by atoms with van der Waals surface area (Å²) in [7, 11) is 0. The van der Waals surface area contributed by atoms with Crippen LogP contribution in [0.5, 0.6) is 0 Å². The first-order valence-corrected chi connectivity index (χ1v) is 4.72. The SMILES string of the molecule is CCc1cc(I)ccc1N=C=O. The van der Waals surface area contributed by atoms with Crippen LogP contribution in [0.4, 0.5) is 5.69 Å².